The van der Waals surface area contributed by atoms with Crippen molar-refractivity contribution in [3.8, 4) is 0 Å². The van der Waals surface area contributed by atoms with Crippen LogP contribution in [0.3, 0.4) is 0 Å². The summed E-state index contributed by atoms with van der Waals surface area (Å²) in [7, 11) is 0. The highest BCUT2D eigenvalue weighted by atomic mass is 16.3. The fourth-order valence-corrected chi connectivity index (χ4v) is 2.26. The Kier molecular flexibility index (Phi) is 3.54. The Labute approximate surface area is 87.5 Å². The van der Waals surface area contributed by atoms with Crippen LogP contribution >= 0.6 is 0 Å². The summed E-state index contributed by atoms with van der Waals surface area (Å²) in [6, 6.07) is 0. The van der Waals surface area contributed by atoms with Crippen molar-refractivity contribution in [1.29, 1.82) is 0 Å². The highest BCUT2D eigenvalue weighted by molar-refractivity contribution is 5.21. The molecule has 1 aliphatic carbocycles. The maximum atomic E-state index is 9.03. The van der Waals surface area contributed by atoms with Gasteiger partial charge in [-0.2, -0.15) is 0 Å². The summed E-state index contributed by atoms with van der Waals surface area (Å²) < 4.78 is 0. The SMILES string of the molecule is CC1=CCCC(C)(C)C1/C=C(\C)CO. The topological polar surface area (TPSA) is 20.2 Å². The van der Waals surface area contributed by atoms with Gasteiger partial charge >= 0.3 is 0 Å². The average Bonchev–Trinajstić information content (AvgIpc) is 2.11. The quantitative estimate of drug-likeness (QED) is 0.669. The minimum absolute atomic E-state index is 0.180. The second-order valence-electron chi connectivity index (χ2n) is 5.12. The van der Waals surface area contributed by atoms with Crippen molar-refractivity contribution in [2.24, 2.45) is 11.3 Å². The molecule has 1 nitrogen and oxygen atoms in total. The zero-order chi connectivity index (χ0) is 10.8. The van der Waals surface area contributed by atoms with Crippen LogP contribution in [-0.2, 0) is 0 Å². The lowest BCUT2D eigenvalue weighted by atomic mass is 9.68. The first kappa shape index (κ1) is 11.5. The van der Waals surface area contributed by atoms with Crippen molar-refractivity contribution >= 4 is 0 Å². The molecule has 1 aliphatic rings. The third-order valence-corrected chi connectivity index (χ3v) is 3.29. The van der Waals surface area contributed by atoms with E-state index in [4.69, 9.17) is 5.11 Å². The van der Waals surface area contributed by atoms with E-state index in [1.165, 1.54) is 18.4 Å². The van der Waals surface area contributed by atoms with E-state index < -0.39 is 0 Å². The number of aliphatic hydroxyl groups excluding tert-OH is 1. The van der Waals surface area contributed by atoms with Crippen LogP contribution in [0.1, 0.15) is 40.5 Å². The minimum Gasteiger partial charge on any atom is -0.392 e. The van der Waals surface area contributed by atoms with E-state index in [1.54, 1.807) is 0 Å². The molecule has 0 bridgehead atoms. The van der Waals surface area contributed by atoms with Crippen molar-refractivity contribution in [3.63, 3.8) is 0 Å². The minimum atomic E-state index is 0.180. The molecule has 1 N–H and O–H groups in total. The molecule has 0 aliphatic heterocycles. The van der Waals surface area contributed by atoms with E-state index in [2.05, 4.69) is 32.9 Å². The Hall–Kier alpha value is -0.560. The molecule has 1 heteroatoms. The van der Waals surface area contributed by atoms with Gasteiger partial charge in [0.25, 0.3) is 0 Å². The molecule has 1 unspecified atom stereocenters. The molecule has 0 saturated carbocycles. The monoisotopic (exact) mass is 194 g/mol. The summed E-state index contributed by atoms with van der Waals surface area (Å²) in [5, 5.41) is 9.03. The van der Waals surface area contributed by atoms with Crippen LogP contribution < -0.4 is 0 Å². The molecule has 1 atom stereocenters. The van der Waals surface area contributed by atoms with Gasteiger partial charge in [0.05, 0.1) is 6.61 Å². The van der Waals surface area contributed by atoms with Gasteiger partial charge in [-0.15, -0.1) is 0 Å². The molecule has 0 aromatic carbocycles. The van der Waals surface area contributed by atoms with Crippen LogP contribution in [0.15, 0.2) is 23.3 Å². The molecule has 0 fully saturated rings. The van der Waals surface area contributed by atoms with Crippen molar-refractivity contribution < 1.29 is 5.11 Å². The maximum absolute atomic E-state index is 9.03. The molecule has 0 aromatic rings. The van der Waals surface area contributed by atoms with Crippen LogP contribution in [0.5, 0.6) is 0 Å². The first-order chi connectivity index (χ1) is 6.47. The van der Waals surface area contributed by atoms with E-state index in [9.17, 15) is 0 Å². The fraction of sp³-hybridized carbons (Fsp3) is 0.692. The van der Waals surface area contributed by atoms with Gasteiger partial charge < -0.3 is 5.11 Å². The van der Waals surface area contributed by atoms with Crippen LogP contribution in [-0.4, -0.2) is 11.7 Å². The molecule has 1 rings (SSSR count). The van der Waals surface area contributed by atoms with Gasteiger partial charge in [-0.05, 0) is 32.1 Å². The smallest absolute Gasteiger partial charge is 0.0639 e. The number of hydrogen-bond donors (Lipinski definition) is 1. The highest BCUT2D eigenvalue weighted by Gasteiger charge is 2.30. The van der Waals surface area contributed by atoms with Gasteiger partial charge in [-0.1, -0.05) is 37.1 Å². The van der Waals surface area contributed by atoms with Crippen LogP contribution in [0, 0.1) is 11.3 Å². The average molecular weight is 194 g/mol. The first-order valence-electron chi connectivity index (χ1n) is 5.42. The number of aliphatic hydroxyl groups is 1. The van der Waals surface area contributed by atoms with E-state index in [0.717, 1.165) is 5.57 Å². The lowest BCUT2D eigenvalue weighted by Gasteiger charge is -2.37. The second-order valence-corrected chi connectivity index (χ2v) is 5.12. The molecule has 0 spiro atoms. The number of rotatable bonds is 2. The molecule has 0 saturated heterocycles. The van der Waals surface area contributed by atoms with Gasteiger partial charge in [0.15, 0.2) is 0 Å². The lowest BCUT2D eigenvalue weighted by Crippen LogP contribution is -2.26. The van der Waals surface area contributed by atoms with Crippen molar-refractivity contribution in [3.05, 3.63) is 23.3 Å². The number of allylic oxidation sites excluding steroid dienone is 3. The standard InChI is InChI=1S/C13H22O/c1-10(9-14)8-12-11(2)6-5-7-13(12,3)4/h6,8,12,14H,5,7,9H2,1-4H3/b10-8+. The predicted octanol–water partition coefficient (Wildman–Crippen LogP) is 3.31. The summed E-state index contributed by atoms with van der Waals surface area (Å²) in [5.74, 6) is 0.503. The Morgan fingerprint density at radius 2 is 2.29 bits per heavy atom. The summed E-state index contributed by atoms with van der Waals surface area (Å²) in [6.45, 7) is 9.01. The third kappa shape index (κ3) is 2.48. The Balaban J connectivity index is 2.92. The zero-order valence-corrected chi connectivity index (χ0v) is 9.80. The summed E-state index contributed by atoms with van der Waals surface area (Å²) >= 11 is 0. The third-order valence-electron chi connectivity index (χ3n) is 3.29. The Morgan fingerprint density at radius 3 is 2.79 bits per heavy atom. The van der Waals surface area contributed by atoms with E-state index >= 15 is 0 Å². The fourth-order valence-electron chi connectivity index (χ4n) is 2.26. The molecule has 0 amide bonds. The predicted molar refractivity (Wildman–Crippen MR) is 61.1 cm³/mol. The molecular formula is C13H22O. The van der Waals surface area contributed by atoms with Crippen LogP contribution in [0.4, 0.5) is 0 Å². The van der Waals surface area contributed by atoms with E-state index in [0.29, 0.717) is 11.3 Å². The van der Waals surface area contributed by atoms with Gasteiger partial charge in [-0.25, -0.2) is 0 Å². The highest BCUT2D eigenvalue weighted by Crippen LogP contribution is 2.41. The summed E-state index contributed by atoms with van der Waals surface area (Å²) in [4.78, 5) is 0. The molecule has 14 heavy (non-hydrogen) atoms. The second kappa shape index (κ2) is 4.31. The molecule has 0 aromatic heterocycles. The van der Waals surface area contributed by atoms with Crippen LogP contribution in [0.2, 0.25) is 0 Å². The molecule has 0 radical (unpaired) electrons. The molecule has 80 valence electrons. The van der Waals surface area contributed by atoms with Crippen molar-refractivity contribution in [1.82, 2.24) is 0 Å². The Bertz CT molecular complexity index is 258. The van der Waals surface area contributed by atoms with E-state index in [1.807, 2.05) is 6.92 Å². The van der Waals surface area contributed by atoms with Gasteiger partial charge in [0.2, 0.25) is 0 Å². The lowest BCUT2D eigenvalue weighted by molar-refractivity contribution is 0.252. The van der Waals surface area contributed by atoms with Gasteiger partial charge in [0.1, 0.15) is 0 Å². The summed E-state index contributed by atoms with van der Waals surface area (Å²) in [5.41, 5.74) is 2.88. The molecule has 0 heterocycles. The largest absolute Gasteiger partial charge is 0.392 e. The molecular weight excluding hydrogens is 172 g/mol. The Morgan fingerprint density at radius 1 is 1.64 bits per heavy atom. The van der Waals surface area contributed by atoms with Gasteiger partial charge in [-0.3, -0.25) is 0 Å². The zero-order valence-electron chi connectivity index (χ0n) is 9.80. The summed E-state index contributed by atoms with van der Waals surface area (Å²) in [6.07, 6.45) is 6.99. The van der Waals surface area contributed by atoms with E-state index in [-0.39, 0.29) is 6.61 Å². The van der Waals surface area contributed by atoms with Gasteiger partial charge in [0, 0.05) is 5.92 Å². The normalized spacial score (nSPS) is 27.4. The number of hydrogen-bond acceptors (Lipinski definition) is 1. The van der Waals surface area contributed by atoms with Crippen LogP contribution in [0.25, 0.3) is 0 Å². The maximum Gasteiger partial charge on any atom is 0.0639 e. The first-order valence-corrected chi connectivity index (χ1v) is 5.42. The van der Waals surface area contributed by atoms with Crippen molar-refractivity contribution in [2.75, 3.05) is 6.61 Å². The van der Waals surface area contributed by atoms with Crippen molar-refractivity contribution in [2.45, 2.75) is 40.5 Å².